The number of nitrogens with zero attached hydrogens (tertiary/aromatic N) is 2. The lowest BCUT2D eigenvalue weighted by Gasteiger charge is -2.17. The van der Waals surface area contributed by atoms with Crippen LogP contribution in [0.5, 0.6) is 5.88 Å². The van der Waals surface area contributed by atoms with Crippen LogP contribution in [0.3, 0.4) is 0 Å². The molecule has 0 radical (unpaired) electrons. The van der Waals surface area contributed by atoms with Crippen molar-refractivity contribution in [1.82, 2.24) is 15.6 Å². The number of aromatic nitrogens is 1. The van der Waals surface area contributed by atoms with Crippen LogP contribution < -0.4 is 15.4 Å². The summed E-state index contributed by atoms with van der Waals surface area (Å²) in [6, 6.07) is 13.6. The van der Waals surface area contributed by atoms with Gasteiger partial charge in [-0.1, -0.05) is 36.4 Å². The molecule has 1 fully saturated rings. The lowest BCUT2D eigenvalue weighted by atomic mass is 10.2. The number of guanidine groups is 1. The third kappa shape index (κ3) is 5.68. The Morgan fingerprint density at radius 2 is 2.07 bits per heavy atom. The number of rotatable bonds is 6. The Hall–Kier alpha value is -2.61. The van der Waals surface area contributed by atoms with Gasteiger partial charge < -0.3 is 15.4 Å². The third-order valence-corrected chi connectivity index (χ3v) is 6.08. The summed E-state index contributed by atoms with van der Waals surface area (Å²) in [7, 11) is -1.27. The van der Waals surface area contributed by atoms with Gasteiger partial charge in [-0.05, 0) is 18.1 Å². The van der Waals surface area contributed by atoms with Gasteiger partial charge in [-0.15, -0.1) is 0 Å². The Labute approximate surface area is 159 Å². The maximum absolute atomic E-state index is 11.6. The molecule has 27 heavy (non-hydrogen) atoms. The van der Waals surface area contributed by atoms with Gasteiger partial charge in [-0.25, -0.2) is 13.4 Å². The predicted molar refractivity (Wildman–Crippen MR) is 105 cm³/mol. The number of pyridine rings is 1. The van der Waals surface area contributed by atoms with Gasteiger partial charge in [0.1, 0.15) is 6.61 Å². The highest BCUT2D eigenvalue weighted by Gasteiger charge is 2.28. The van der Waals surface area contributed by atoms with E-state index in [2.05, 4.69) is 20.6 Å². The molecule has 3 rings (SSSR count). The van der Waals surface area contributed by atoms with Gasteiger partial charge in [-0.2, -0.15) is 0 Å². The van der Waals surface area contributed by atoms with Gasteiger partial charge in [-0.3, -0.25) is 4.99 Å². The second-order valence-corrected chi connectivity index (χ2v) is 8.64. The molecule has 1 aliphatic rings. The Balaban J connectivity index is 1.57. The van der Waals surface area contributed by atoms with E-state index in [1.54, 1.807) is 13.2 Å². The molecule has 0 spiro atoms. The predicted octanol–water partition coefficient (Wildman–Crippen LogP) is 1.51. The SMILES string of the molecule is CN=C(NCc1cccnc1OCc1ccccc1)NC1CCS(=O)(=O)C1. The number of hydrogen-bond acceptors (Lipinski definition) is 5. The topological polar surface area (TPSA) is 92.7 Å². The Bertz CT molecular complexity index is 885. The van der Waals surface area contributed by atoms with E-state index in [9.17, 15) is 8.42 Å². The van der Waals surface area contributed by atoms with Crippen LogP contribution in [-0.4, -0.2) is 44.0 Å². The van der Waals surface area contributed by atoms with Crippen LogP contribution in [0.2, 0.25) is 0 Å². The van der Waals surface area contributed by atoms with Crippen molar-refractivity contribution < 1.29 is 13.2 Å². The number of nitrogens with one attached hydrogen (secondary N) is 2. The van der Waals surface area contributed by atoms with E-state index >= 15 is 0 Å². The number of hydrogen-bond donors (Lipinski definition) is 2. The van der Waals surface area contributed by atoms with Crippen molar-refractivity contribution in [1.29, 1.82) is 0 Å². The lowest BCUT2D eigenvalue weighted by Crippen LogP contribution is -2.43. The van der Waals surface area contributed by atoms with E-state index in [0.717, 1.165) is 11.1 Å². The van der Waals surface area contributed by atoms with Gasteiger partial charge in [0.25, 0.3) is 0 Å². The van der Waals surface area contributed by atoms with E-state index in [-0.39, 0.29) is 17.5 Å². The first-order valence-corrected chi connectivity index (χ1v) is 10.7. The lowest BCUT2D eigenvalue weighted by molar-refractivity contribution is 0.290. The third-order valence-electron chi connectivity index (χ3n) is 4.31. The average Bonchev–Trinajstić information content (AvgIpc) is 3.03. The molecule has 2 heterocycles. The fourth-order valence-electron chi connectivity index (χ4n) is 2.89. The van der Waals surface area contributed by atoms with Crippen molar-refractivity contribution in [2.24, 2.45) is 4.99 Å². The molecule has 144 valence electrons. The van der Waals surface area contributed by atoms with Crippen molar-refractivity contribution in [2.75, 3.05) is 18.6 Å². The summed E-state index contributed by atoms with van der Waals surface area (Å²) in [6.45, 7) is 0.912. The van der Waals surface area contributed by atoms with Crippen LogP contribution in [0, 0.1) is 0 Å². The number of benzene rings is 1. The monoisotopic (exact) mass is 388 g/mol. The average molecular weight is 388 g/mol. The van der Waals surface area contributed by atoms with Crippen LogP contribution in [0.1, 0.15) is 17.5 Å². The molecular formula is C19H24N4O3S. The molecule has 1 atom stereocenters. The van der Waals surface area contributed by atoms with Crippen molar-refractivity contribution in [3.8, 4) is 5.88 Å². The molecule has 0 amide bonds. The molecule has 0 aliphatic carbocycles. The molecule has 8 heteroatoms. The molecule has 7 nitrogen and oxygen atoms in total. The van der Waals surface area contributed by atoms with Gasteiger partial charge in [0.15, 0.2) is 15.8 Å². The minimum atomic E-state index is -2.93. The van der Waals surface area contributed by atoms with Crippen LogP contribution in [0.25, 0.3) is 0 Å². The summed E-state index contributed by atoms with van der Waals surface area (Å²) in [5.41, 5.74) is 1.97. The standard InChI is InChI=1S/C19H24N4O3S/c1-20-19(23-17-9-11-27(24,25)14-17)22-12-16-8-5-10-21-18(16)26-13-15-6-3-2-4-7-15/h2-8,10,17H,9,11-14H2,1H3,(H2,20,22,23). The van der Waals surface area contributed by atoms with E-state index in [1.807, 2.05) is 42.5 Å². The zero-order valence-corrected chi connectivity index (χ0v) is 16.1. The van der Waals surface area contributed by atoms with Crippen LogP contribution >= 0.6 is 0 Å². The summed E-state index contributed by atoms with van der Waals surface area (Å²) in [4.78, 5) is 8.49. The molecule has 1 saturated heterocycles. The minimum absolute atomic E-state index is 0.108. The largest absolute Gasteiger partial charge is 0.473 e. The number of ether oxygens (including phenoxy) is 1. The molecule has 1 aromatic carbocycles. The van der Waals surface area contributed by atoms with Gasteiger partial charge in [0.2, 0.25) is 5.88 Å². The van der Waals surface area contributed by atoms with Gasteiger partial charge in [0.05, 0.1) is 11.5 Å². The molecule has 2 N–H and O–H groups in total. The molecule has 1 aliphatic heterocycles. The highest BCUT2D eigenvalue weighted by Crippen LogP contribution is 2.16. The molecule has 1 unspecified atom stereocenters. The first kappa shape index (κ1) is 19.2. The second-order valence-electron chi connectivity index (χ2n) is 6.41. The Morgan fingerprint density at radius 1 is 1.26 bits per heavy atom. The molecule has 2 aromatic rings. The fraction of sp³-hybridized carbons (Fsp3) is 0.368. The quantitative estimate of drug-likeness (QED) is 0.576. The first-order valence-electron chi connectivity index (χ1n) is 8.84. The van der Waals surface area contributed by atoms with Crippen molar-refractivity contribution >= 4 is 15.8 Å². The number of aliphatic imine (C=N–C) groups is 1. The van der Waals surface area contributed by atoms with Crippen molar-refractivity contribution in [3.63, 3.8) is 0 Å². The minimum Gasteiger partial charge on any atom is -0.473 e. The highest BCUT2D eigenvalue weighted by atomic mass is 32.2. The van der Waals surface area contributed by atoms with Crippen LogP contribution in [-0.2, 0) is 23.0 Å². The zero-order chi connectivity index (χ0) is 19.1. The second kappa shape index (κ2) is 8.85. The summed E-state index contributed by atoms with van der Waals surface area (Å²) in [5.74, 6) is 1.50. The summed E-state index contributed by atoms with van der Waals surface area (Å²) in [5, 5.41) is 6.37. The van der Waals surface area contributed by atoms with Crippen LogP contribution in [0.15, 0.2) is 53.7 Å². The maximum atomic E-state index is 11.6. The maximum Gasteiger partial charge on any atom is 0.218 e. The van der Waals surface area contributed by atoms with E-state index < -0.39 is 9.84 Å². The van der Waals surface area contributed by atoms with E-state index in [4.69, 9.17) is 4.74 Å². The first-order chi connectivity index (χ1) is 13.1. The summed E-state index contributed by atoms with van der Waals surface area (Å²) >= 11 is 0. The number of sulfone groups is 1. The molecule has 1 aromatic heterocycles. The highest BCUT2D eigenvalue weighted by molar-refractivity contribution is 7.91. The smallest absolute Gasteiger partial charge is 0.218 e. The fourth-order valence-corrected chi connectivity index (χ4v) is 4.56. The van der Waals surface area contributed by atoms with Gasteiger partial charge >= 0.3 is 0 Å². The van der Waals surface area contributed by atoms with E-state index in [0.29, 0.717) is 31.4 Å². The van der Waals surface area contributed by atoms with Crippen LogP contribution in [0.4, 0.5) is 0 Å². The Kier molecular flexibility index (Phi) is 6.28. The normalized spacial score (nSPS) is 18.9. The molecular weight excluding hydrogens is 364 g/mol. The summed E-state index contributed by atoms with van der Waals surface area (Å²) < 4.78 is 29.1. The van der Waals surface area contributed by atoms with E-state index in [1.165, 1.54) is 0 Å². The summed E-state index contributed by atoms with van der Waals surface area (Å²) in [6.07, 6.45) is 2.29. The van der Waals surface area contributed by atoms with Crippen molar-refractivity contribution in [3.05, 3.63) is 59.8 Å². The zero-order valence-electron chi connectivity index (χ0n) is 15.3. The molecule has 0 bridgehead atoms. The Morgan fingerprint density at radius 3 is 2.78 bits per heavy atom. The van der Waals surface area contributed by atoms with Crippen molar-refractivity contribution in [2.45, 2.75) is 25.6 Å². The molecule has 0 saturated carbocycles. The van der Waals surface area contributed by atoms with Gasteiger partial charge in [0, 0.05) is 31.4 Å².